The molecule has 2 rings (SSSR count). The van der Waals surface area contributed by atoms with Gasteiger partial charge in [-0.2, -0.15) is 0 Å². The number of aryl methyl sites for hydroxylation is 1. The molecule has 0 aliphatic heterocycles. The molecule has 4 nitrogen and oxygen atoms in total. The van der Waals surface area contributed by atoms with Crippen molar-refractivity contribution in [1.82, 2.24) is 15.0 Å². The summed E-state index contributed by atoms with van der Waals surface area (Å²) in [6.07, 6.45) is 0.843. The van der Waals surface area contributed by atoms with E-state index in [0.717, 1.165) is 17.0 Å². The van der Waals surface area contributed by atoms with Crippen LogP contribution >= 0.6 is 11.5 Å². The van der Waals surface area contributed by atoms with Gasteiger partial charge in [0.15, 0.2) is 0 Å². The highest BCUT2D eigenvalue weighted by atomic mass is 32.1. The van der Waals surface area contributed by atoms with Crippen molar-refractivity contribution >= 4 is 11.5 Å². The highest BCUT2D eigenvalue weighted by Crippen LogP contribution is 2.31. The Kier molecular flexibility index (Phi) is 4.52. The lowest BCUT2D eigenvalue weighted by Gasteiger charge is -2.21. The molecule has 0 spiro atoms. The largest absolute Gasteiger partial charge is 0.271 e. The third-order valence-corrected chi connectivity index (χ3v) is 4.26. The molecule has 108 valence electrons. The van der Waals surface area contributed by atoms with E-state index in [4.69, 9.17) is 5.84 Å². The molecule has 0 radical (unpaired) electrons. The van der Waals surface area contributed by atoms with Crippen LogP contribution in [0.4, 0.5) is 0 Å². The number of hydrogen-bond acceptors (Lipinski definition) is 5. The highest BCUT2D eigenvalue weighted by molar-refractivity contribution is 7.05. The number of benzene rings is 1. The second-order valence-corrected chi connectivity index (χ2v) is 6.87. The van der Waals surface area contributed by atoms with E-state index < -0.39 is 0 Å². The van der Waals surface area contributed by atoms with Crippen molar-refractivity contribution in [3.05, 3.63) is 46.0 Å². The summed E-state index contributed by atoms with van der Waals surface area (Å²) in [7, 11) is 0. The van der Waals surface area contributed by atoms with Gasteiger partial charge in [0.2, 0.25) is 0 Å². The van der Waals surface area contributed by atoms with Gasteiger partial charge in [-0.05, 0) is 36.0 Å². The number of rotatable bonds is 4. The summed E-state index contributed by atoms with van der Waals surface area (Å²) >= 11 is 1.43. The van der Waals surface area contributed by atoms with E-state index in [-0.39, 0.29) is 11.5 Å². The van der Waals surface area contributed by atoms with Crippen molar-refractivity contribution in [2.45, 2.75) is 45.6 Å². The van der Waals surface area contributed by atoms with Crippen LogP contribution in [-0.2, 0) is 11.8 Å². The second kappa shape index (κ2) is 5.99. The summed E-state index contributed by atoms with van der Waals surface area (Å²) in [5, 5.41) is 4.29. The Morgan fingerprint density at radius 2 is 2.00 bits per heavy atom. The van der Waals surface area contributed by atoms with Gasteiger partial charge >= 0.3 is 0 Å². The van der Waals surface area contributed by atoms with E-state index in [1.165, 1.54) is 22.7 Å². The van der Waals surface area contributed by atoms with Gasteiger partial charge in [0.25, 0.3) is 0 Å². The Labute approximate surface area is 124 Å². The zero-order chi connectivity index (χ0) is 14.8. The summed E-state index contributed by atoms with van der Waals surface area (Å²) < 4.78 is 4.12. The monoisotopic (exact) mass is 290 g/mol. The summed E-state index contributed by atoms with van der Waals surface area (Å²) in [6.45, 7) is 8.57. The smallest absolute Gasteiger partial charge is 0.0857 e. The topological polar surface area (TPSA) is 63.8 Å². The number of nitrogens with two attached hydrogens (primary N) is 1. The highest BCUT2D eigenvalue weighted by Gasteiger charge is 2.27. The molecule has 20 heavy (non-hydrogen) atoms. The molecule has 0 saturated heterocycles. The fourth-order valence-corrected chi connectivity index (χ4v) is 3.15. The maximum Gasteiger partial charge on any atom is 0.0857 e. The van der Waals surface area contributed by atoms with E-state index in [0.29, 0.717) is 0 Å². The molecule has 5 heteroatoms. The van der Waals surface area contributed by atoms with Crippen molar-refractivity contribution in [2.75, 3.05) is 0 Å². The molecule has 0 aliphatic carbocycles. The third kappa shape index (κ3) is 3.23. The minimum atomic E-state index is -0.0246. The van der Waals surface area contributed by atoms with E-state index in [1.54, 1.807) is 0 Å². The molecular weight excluding hydrogens is 268 g/mol. The minimum Gasteiger partial charge on any atom is -0.271 e. The van der Waals surface area contributed by atoms with E-state index >= 15 is 0 Å². The van der Waals surface area contributed by atoms with Crippen LogP contribution in [0, 0.1) is 6.92 Å². The molecule has 0 aliphatic rings. The van der Waals surface area contributed by atoms with Crippen LogP contribution in [0.5, 0.6) is 0 Å². The van der Waals surface area contributed by atoms with Gasteiger partial charge in [0, 0.05) is 5.41 Å². The van der Waals surface area contributed by atoms with Gasteiger partial charge in [-0.3, -0.25) is 11.3 Å². The minimum absolute atomic E-state index is 0.0246. The number of nitrogens with one attached hydrogen (secondary N) is 1. The van der Waals surface area contributed by atoms with Crippen LogP contribution < -0.4 is 11.3 Å². The van der Waals surface area contributed by atoms with Crippen molar-refractivity contribution < 1.29 is 0 Å². The van der Waals surface area contributed by atoms with Gasteiger partial charge < -0.3 is 0 Å². The molecule has 3 N–H and O–H groups in total. The SMILES string of the molecule is Cc1ccccc1CC(NN)c1snnc1C(C)(C)C. The number of hydrazine groups is 1. The first-order chi connectivity index (χ1) is 9.43. The van der Waals surface area contributed by atoms with Crippen molar-refractivity contribution in [1.29, 1.82) is 0 Å². The Morgan fingerprint density at radius 1 is 1.30 bits per heavy atom. The first-order valence-electron chi connectivity index (χ1n) is 6.77. The lowest BCUT2D eigenvalue weighted by atomic mass is 9.89. The quantitative estimate of drug-likeness (QED) is 0.671. The molecular formula is C15H22N4S. The maximum absolute atomic E-state index is 5.78. The molecule has 0 saturated carbocycles. The van der Waals surface area contributed by atoms with Crippen LogP contribution in [0.3, 0.4) is 0 Å². The molecule has 1 aromatic carbocycles. The van der Waals surface area contributed by atoms with Gasteiger partial charge in [0.05, 0.1) is 16.6 Å². The van der Waals surface area contributed by atoms with Crippen molar-refractivity contribution in [3.63, 3.8) is 0 Å². The zero-order valence-electron chi connectivity index (χ0n) is 12.5. The van der Waals surface area contributed by atoms with E-state index in [2.05, 4.69) is 67.0 Å². The lowest BCUT2D eigenvalue weighted by molar-refractivity contribution is 0.515. The van der Waals surface area contributed by atoms with Crippen molar-refractivity contribution in [2.24, 2.45) is 5.84 Å². The molecule has 0 bridgehead atoms. The first kappa shape index (κ1) is 15.1. The molecule has 1 atom stereocenters. The fraction of sp³-hybridized carbons (Fsp3) is 0.467. The van der Waals surface area contributed by atoms with Crippen LogP contribution in [0.15, 0.2) is 24.3 Å². The van der Waals surface area contributed by atoms with Crippen LogP contribution in [0.2, 0.25) is 0 Å². The zero-order valence-corrected chi connectivity index (χ0v) is 13.3. The average molecular weight is 290 g/mol. The first-order valence-corrected chi connectivity index (χ1v) is 7.54. The molecule has 2 aromatic rings. The number of hydrogen-bond donors (Lipinski definition) is 2. The summed E-state index contributed by atoms with van der Waals surface area (Å²) in [4.78, 5) is 1.13. The summed E-state index contributed by atoms with van der Waals surface area (Å²) in [5.74, 6) is 5.78. The predicted octanol–water partition coefficient (Wildman–Crippen LogP) is 2.89. The number of aromatic nitrogens is 2. The van der Waals surface area contributed by atoms with E-state index in [9.17, 15) is 0 Å². The Balaban J connectivity index is 2.30. The van der Waals surface area contributed by atoms with E-state index in [1.807, 2.05) is 0 Å². The lowest BCUT2D eigenvalue weighted by Crippen LogP contribution is -2.31. The Hall–Kier alpha value is -1.30. The maximum atomic E-state index is 5.78. The van der Waals surface area contributed by atoms with Crippen LogP contribution in [0.25, 0.3) is 0 Å². The Morgan fingerprint density at radius 3 is 2.60 bits per heavy atom. The second-order valence-electron chi connectivity index (χ2n) is 6.09. The molecule has 1 unspecified atom stereocenters. The average Bonchev–Trinajstić information content (AvgIpc) is 2.87. The molecule has 0 fully saturated rings. The molecule has 0 amide bonds. The molecule has 1 heterocycles. The molecule has 1 aromatic heterocycles. The standard InChI is InChI=1S/C15H22N4S/c1-10-7-5-6-8-11(10)9-12(17-16)13-14(15(2,3)4)18-19-20-13/h5-8,12,17H,9,16H2,1-4H3. The number of nitrogens with zero attached hydrogens (tertiary/aromatic N) is 2. The van der Waals surface area contributed by atoms with Crippen LogP contribution in [0.1, 0.15) is 48.5 Å². The Bertz CT molecular complexity index is 571. The summed E-state index contributed by atoms with van der Waals surface area (Å²) in [6, 6.07) is 8.43. The predicted molar refractivity (Wildman–Crippen MR) is 83.6 cm³/mol. The third-order valence-electron chi connectivity index (χ3n) is 3.43. The van der Waals surface area contributed by atoms with Gasteiger partial charge in [-0.1, -0.05) is 49.5 Å². The van der Waals surface area contributed by atoms with Gasteiger partial charge in [-0.25, -0.2) is 0 Å². The normalized spacial score (nSPS) is 13.4. The summed E-state index contributed by atoms with van der Waals surface area (Å²) in [5.41, 5.74) is 6.50. The van der Waals surface area contributed by atoms with Gasteiger partial charge in [-0.15, -0.1) is 5.10 Å². The fourth-order valence-electron chi connectivity index (χ4n) is 2.23. The van der Waals surface area contributed by atoms with Crippen molar-refractivity contribution in [3.8, 4) is 0 Å². The van der Waals surface area contributed by atoms with Gasteiger partial charge in [0.1, 0.15) is 0 Å². The van der Waals surface area contributed by atoms with Crippen LogP contribution in [-0.4, -0.2) is 9.59 Å².